The van der Waals surface area contributed by atoms with Crippen molar-refractivity contribution in [1.82, 2.24) is 0 Å². The van der Waals surface area contributed by atoms with Crippen molar-refractivity contribution < 1.29 is 28.6 Å². The maximum atomic E-state index is 12.9. The van der Waals surface area contributed by atoms with Gasteiger partial charge in [-0.2, -0.15) is 0 Å². The maximum absolute atomic E-state index is 12.9. The molecule has 0 heterocycles. The summed E-state index contributed by atoms with van der Waals surface area (Å²) in [6.07, 6.45) is 68.9. The number of unbranched alkanes of at least 4 members (excludes halogenated alkanes) is 42. The van der Waals surface area contributed by atoms with E-state index in [1.54, 1.807) is 0 Å². The zero-order chi connectivity index (χ0) is 50.0. The summed E-state index contributed by atoms with van der Waals surface area (Å²) in [6.45, 7) is 6.67. The van der Waals surface area contributed by atoms with Crippen LogP contribution in [-0.2, 0) is 28.6 Å². The number of ether oxygens (including phenoxy) is 3. The average Bonchev–Trinajstić information content (AvgIpc) is 3.35. The largest absolute Gasteiger partial charge is 0.462 e. The molecule has 0 aromatic carbocycles. The molecule has 6 heteroatoms. The van der Waals surface area contributed by atoms with E-state index >= 15 is 0 Å². The Hall–Kier alpha value is -2.11. The molecule has 0 bridgehead atoms. The summed E-state index contributed by atoms with van der Waals surface area (Å²) in [6, 6.07) is 0. The Kier molecular flexibility index (Phi) is 56.7. The molecule has 0 amide bonds. The standard InChI is InChI=1S/C63H118O6/c1-4-7-10-13-16-19-22-25-28-29-30-31-32-33-36-38-41-44-47-50-53-56-62(65)68-59-60(69-63(66)57-54-51-48-45-42-39-35-27-24-21-18-15-12-9-6-3)58-67-61(64)55-52-49-46-43-40-37-34-26-23-20-17-14-11-8-5-2/h20-21,23-24,60H,4-19,22,25-59H2,1-3H3/b23-20-,24-21-/t60-/m1/s1. The normalized spacial score (nSPS) is 12.1. The van der Waals surface area contributed by atoms with Gasteiger partial charge in [0.2, 0.25) is 0 Å². The van der Waals surface area contributed by atoms with Gasteiger partial charge in [0.05, 0.1) is 0 Å². The van der Waals surface area contributed by atoms with Gasteiger partial charge in [0.25, 0.3) is 0 Å². The summed E-state index contributed by atoms with van der Waals surface area (Å²) in [7, 11) is 0. The molecule has 0 aromatic heterocycles. The van der Waals surface area contributed by atoms with Gasteiger partial charge in [0.1, 0.15) is 13.2 Å². The highest BCUT2D eigenvalue weighted by atomic mass is 16.6. The second-order valence-corrected chi connectivity index (χ2v) is 21.0. The van der Waals surface area contributed by atoms with Crippen molar-refractivity contribution in [2.45, 2.75) is 348 Å². The first kappa shape index (κ1) is 66.9. The van der Waals surface area contributed by atoms with E-state index in [4.69, 9.17) is 14.2 Å². The van der Waals surface area contributed by atoms with Gasteiger partial charge in [-0.15, -0.1) is 0 Å². The quantitative estimate of drug-likeness (QED) is 0.0261. The van der Waals surface area contributed by atoms with E-state index in [-0.39, 0.29) is 31.1 Å². The first-order valence-electron chi connectivity index (χ1n) is 30.8. The van der Waals surface area contributed by atoms with Crippen molar-refractivity contribution in [2.75, 3.05) is 13.2 Å². The van der Waals surface area contributed by atoms with Crippen LogP contribution >= 0.6 is 0 Å². The number of carbonyl (C=O) groups excluding carboxylic acids is 3. The van der Waals surface area contributed by atoms with Crippen LogP contribution in [0, 0.1) is 0 Å². The molecule has 0 radical (unpaired) electrons. The van der Waals surface area contributed by atoms with Crippen molar-refractivity contribution in [3.8, 4) is 0 Å². The molecule has 0 rings (SSSR count). The minimum Gasteiger partial charge on any atom is -0.462 e. The highest BCUT2D eigenvalue weighted by Gasteiger charge is 2.19. The molecule has 0 N–H and O–H groups in total. The van der Waals surface area contributed by atoms with Crippen LogP contribution in [0.1, 0.15) is 342 Å². The third kappa shape index (κ3) is 56.7. The van der Waals surface area contributed by atoms with Crippen molar-refractivity contribution in [3.05, 3.63) is 24.3 Å². The fourth-order valence-corrected chi connectivity index (χ4v) is 9.26. The Bertz CT molecular complexity index is 1110. The molecular weight excluding hydrogens is 853 g/mol. The Morgan fingerprint density at radius 1 is 0.275 bits per heavy atom. The van der Waals surface area contributed by atoms with Gasteiger partial charge >= 0.3 is 17.9 Å². The lowest BCUT2D eigenvalue weighted by Crippen LogP contribution is -2.30. The lowest BCUT2D eigenvalue weighted by atomic mass is 10.0. The van der Waals surface area contributed by atoms with Crippen LogP contribution in [-0.4, -0.2) is 37.2 Å². The molecule has 6 nitrogen and oxygen atoms in total. The summed E-state index contributed by atoms with van der Waals surface area (Å²) >= 11 is 0. The fourth-order valence-electron chi connectivity index (χ4n) is 9.26. The molecule has 0 aromatic rings. The molecule has 0 saturated carbocycles. The van der Waals surface area contributed by atoms with Crippen LogP contribution in [0.15, 0.2) is 24.3 Å². The minimum atomic E-state index is -0.772. The first-order valence-corrected chi connectivity index (χ1v) is 30.8. The topological polar surface area (TPSA) is 78.9 Å². The molecule has 0 saturated heterocycles. The number of allylic oxidation sites excluding steroid dienone is 4. The SMILES string of the molecule is CCCCCC/C=C\CCCCCCCCCC(=O)OC[C@H](COC(=O)CCCCCCCCCCCCCCCCCCCCCCC)OC(=O)CCCCCCCCC/C=C\CCCCCC. The molecule has 0 spiro atoms. The van der Waals surface area contributed by atoms with Crippen molar-refractivity contribution in [2.24, 2.45) is 0 Å². The summed E-state index contributed by atoms with van der Waals surface area (Å²) in [5.41, 5.74) is 0. The van der Waals surface area contributed by atoms with E-state index in [1.165, 1.54) is 244 Å². The second kappa shape index (κ2) is 58.5. The minimum absolute atomic E-state index is 0.0695. The Morgan fingerprint density at radius 2 is 0.478 bits per heavy atom. The second-order valence-electron chi connectivity index (χ2n) is 21.0. The third-order valence-corrected chi connectivity index (χ3v) is 13.9. The van der Waals surface area contributed by atoms with Crippen LogP contribution in [0.3, 0.4) is 0 Å². The summed E-state index contributed by atoms with van der Waals surface area (Å²) in [5, 5.41) is 0. The predicted molar refractivity (Wildman–Crippen MR) is 298 cm³/mol. The van der Waals surface area contributed by atoms with E-state index in [0.717, 1.165) is 57.8 Å². The van der Waals surface area contributed by atoms with E-state index in [1.807, 2.05) is 0 Å². The summed E-state index contributed by atoms with van der Waals surface area (Å²) in [4.78, 5) is 38.2. The molecule has 0 aliphatic rings. The van der Waals surface area contributed by atoms with Gasteiger partial charge in [-0.25, -0.2) is 0 Å². The Labute approximate surface area is 430 Å². The lowest BCUT2D eigenvalue weighted by Gasteiger charge is -2.18. The van der Waals surface area contributed by atoms with Gasteiger partial charge in [0.15, 0.2) is 6.10 Å². The summed E-state index contributed by atoms with van der Waals surface area (Å²) < 4.78 is 16.9. The predicted octanol–water partition coefficient (Wildman–Crippen LogP) is 20.7. The van der Waals surface area contributed by atoms with Crippen molar-refractivity contribution in [1.29, 1.82) is 0 Å². The van der Waals surface area contributed by atoms with Crippen LogP contribution < -0.4 is 0 Å². The van der Waals surface area contributed by atoms with Crippen LogP contribution in [0.4, 0.5) is 0 Å². The van der Waals surface area contributed by atoms with E-state index in [2.05, 4.69) is 45.1 Å². The van der Waals surface area contributed by atoms with Crippen LogP contribution in [0.5, 0.6) is 0 Å². The van der Waals surface area contributed by atoms with Gasteiger partial charge < -0.3 is 14.2 Å². The van der Waals surface area contributed by atoms with E-state index in [0.29, 0.717) is 19.3 Å². The van der Waals surface area contributed by atoms with Crippen molar-refractivity contribution in [3.63, 3.8) is 0 Å². The number of rotatable bonds is 57. The average molecular weight is 972 g/mol. The van der Waals surface area contributed by atoms with Crippen LogP contribution in [0.2, 0.25) is 0 Å². The lowest BCUT2D eigenvalue weighted by molar-refractivity contribution is -0.167. The molecule has 1 atom stereocenters. The van der Waals surface area contributed by atoms with Gasteiger partial charge in [-0.1, -0.05) is 276 Å². The highest BCUT2D eigenvalue weighted by Crippen LogP contribution is 2.17. The Morgan fingerprint density at radius 3 is 0.739 bits per heavy atom. The Balaban J connectivity index is 4.28. The van der Waals surface area contributed by atoms with E-state index < -0.39 is 6.10 Å². The third-order valence-electron chi connectivity index (χ3n) is 13.9. The maximum Gasteiger partial charge on any atom is 0.306 e. The monoisotopic (exact) mass is 971 g/mol. The molecule has 0 unspecified atom stereocenters. The number of hydrogen-bond donors (Lipinski definition) is 0. The number of hydrogen-bond acceptors (Lipinski definition) is 6. The summed E-state index contributed by atoms with van der Waals surface area (Å²) in [5.74, 6) is -0.855. The smallest absolute Gasteiger partial charge is 0.306 e. The molecule has 69 heavy (non-hydrogen) atoms. The molecule has 0 fully saturated rings. The highest BCUT2D eigenvalue weighted by molar-refractivity contribution is 5.71. The van der Waals surface area contributed by atoms with Gasteiger partial charge in [0, 0.05) is 19.3 Å². The van der Waals surface area contributed by atoms with Gasteiger partial charge in [-0.05, 0) is 70.6 Å². The van der Waals surface area contributed by atoms with Crippen LogP contribution in [0.25, 0.3) is 0 Å². The number of esters is 3. The molecule has 0 aliphatic carbocycles. The zero-order valence-electron chi connectivity index (χ0n) is 46.6. The fraction of sp³-hybridized carbons (Fsp3) is 0.889. The zero-order valence-corrected chi connectivity index (χ0v) is 46.6. The number of carbonyl (C=O) groups is 3. The van der Waals surface area contributed by atoms with Gasteiger partial charge in [-0.3, -0.25) is 14.4 Å². The van der Waals surface area contributed by atoms with Crippen molar-refractivity contribution >= 4 is 17.9 Å². The van der Waals surface area contributed by atoms with E-state index in [9.17, 15) is 14.4 Å². The molecular formula is C63H118O6. The first-order chi connectivity index (χ1) is 34.0. The molecule has 406 valence electrons. The molecule has 0 aliphatic heterocycles.